The van der Waals surface area contributed by atoms with Crippen LogP contribution in [-0.2, 0) is 0 Å². The van der Waals surface area contributed by atoms with Crippen molar-refractivity contribution in [2.75, 3.05) is 34.4 Å². The Labute approximate surface area is 141 Å². The highest BCUT2D eigenvalue weighted by atomic mass is 16.1. The second-order valence-electron chi connectivity index (χ2n) is 6.06. The van der Waals surface area contributed by atoms with E-state index in [0.29, 0.717) is 28.1 Å². The van der Waals surface area contributed by atoms with Gasteiger partial charge in [0.05, 0.1) is 33.9 Å². The Bertz CT molecular complexity index is 756. The van der Waals surface area contributed by atoms with E-state index in [2.05, 4.69) is 0 Å². The number of carbonyl (C=O) groups is 1. The second-order valence-corrected chi connectivity index (χ2v) is 6.06. The Morgan fingerprint density at radius 1 is 0.500 bits per heavy atom. The van der Waals surface area contributed by atoms with E-state index in [4.69, 9.17) is 34.4 Å². The standard InChI is InChI=1S/C17H24N6O/c1-5-6(2)12(19)9(7(3)11(5)18)17(24)10-8(4)13(20)15(22)16(23)14(10)21/h18-23H2,1-4H3. The van der Waals surface area contributed by atoms with Gasteiger partial charge in [0, 0.05) is 11.4 Å². The molecule has 2 aromatic carbocycles. The lowest BCUT2D eigenvalue weighted by Gasteiger charge is -2.20. The van der Waals surface area contributed by atoms with Crippen LogP contribution in [0.2, 0.25) is 0 Å². The highest BCUT2D eigenvalue weighted by Gasteiger charge is 2.26. The third kappa shape index (κ3) is 2.17. The van der Waals surface area contributed by atoms with Gasteiger partial charge in [0.1, 0.15) is 0 Å². The molecule has 0 aliphatic heterocycles. The summed E-state index contributed by atoms with van der Waals surface area (Å²) in [5.41, 5.74) is 40.7. The summed E-state index contributed by atoms with van der Waals surface area (Å²) in [6, 6.07) is 0. The number of nitrogen functional groups attached to an aromatic ring is 6. The molecular formula is C17H24N6O. The molecule has 2 rings (SSSR count). The SMILES string of the molecule is Cc1c(C)c(N)c(C(=O)c2c(C)c(N)c(N)c(N)c2N)c(C)c1N. The molecule has 0 fully saturated rings. The zero-order valence-corrected chi connectivity index (χ0v) is 14.4. The Balaban J connectivity index is 2.87. The fraction of sp³-hybridized carbons (Fsp3) is 0.235. The molecule has 0 unspecified atom stereocenters. The fourth-order valence-electron chi connectivity index (χ4n) is 2.88. The molecule has 0 bridgehead atoms. The van der Waals surface area contributed by atoms with Crippen LogP contribution < -0.4 is 34.4 Å². The van der Waals surface area contributed by atoms with Crippen LogP contribution in [-0.4, -0.2) is 5.78 Å². The molecule has 24 heavy (non-hydrogen) atoms. The van der Waals surface area contributed by atoms with Crippen molar-refractivity contribution >= 4 is 39.9 Å². The predicted octanol–water partition coefficient (Wildman–Crippen LogP) is 1.64. The van der Waals surface area contributed by atoms with Crippen molar-refractivity contribution in [2.24, 2.45) is 0 Å². The van der Waals surface area contributed by atoms with Crippen molar-refractivity contribution < 1.29 is 4.79 Å². The maximum Gasteiger partial charge on any atom is 0.197 e. The summed E-state index contributed by atoms with van der Waals surface area (Å²) in [7, 11) is 0. The quantitative estimate of drug-likeness (QED) is 0.359. The number of carbonyl (C=O) groups excluding carboxylic acids is 1. The number of anilines is 6. The van der Waals surface area contributed by atoms with Gasteiger partial charge in [-0.2, -0.15) is 0 Å². The maximum atomic E-state index is 13.2. The fourth-order valence-corrected chi connectivity index (χ4v) is 2.88. The first-order valence-electron chi connectivity index (χ1n) is 7.44. The summed E-state index contributed by atoms with van der Waals surface area (Å²) in [5.74, 6) is -0.367. The van der Waals surface area contributed by atoms with Crippen LogP contribution in [0, 0.1) is 27.7 Å². The zero-order valence-electron chi connectivity index (χ0n) is 14.4. The van der Waals surface area contributed by atoms with Crippen molar-refractivity contribution in [3.05, 3.63) is 33.4 Å². The van der Waals surface area contributed by atoms with E-state index < -0.39 is 0 Å². The summed E-state index contributed by atoms with van der Waals surface area (Å²) in [6.07, 6.45) is 0. The highest BCUT2D eigenvalue weighted by Crippen LogP contribution is 2.39. The maximum absolute atomic E-state index is 13.2. The minimum absolute atomic E-state index is 0.0921. The number of hydrogen-bond acceptors (Lipinski definition) is 7. The average Bonchev–Trinajstić information content (AvgIpc) is 2.55. The lowest BCUT2D eigenvalue weighted by molar-refractivity contribution is 0.103. The van der Waals surface area contributed by atoms with Crippen molar-refractivity contribution in [3.8, 4) is 0 Å². The average molecular weight is 328 g/mol. The third-order valence-electron chi connectivity index (χ3n) is 4.79. The predicted molar refractivity (Wildman–Crippen MR) is 102 cm³/mol. The van der Waals surface area contributed by atoms with E-state index in [0.717, 1.165) is 11.1 Å². The Kier molecular flexibility index (Phi) is 3.97. The highest BCUT2D eigenvalue weighted by molar-refractivity contribution is 6.20. The molecule has 7 heteroatoms. The number of benzene rings is 2. The van der Waals surface area contributed by atoms with Gasteiger partial charge in [-0.3, -0.25) is 4.79 Å². The molecule has 2 aromatic rings. The number of hydrogen-bond donors (Lipinski definition) is 6. The van der Waals surface area contributed by atoms with Gasteiger partial charge in [0.25, 0.3) is 0 Å². The van der Waals surface area contributed by atoms with E-state index in [1.807, 2.05) is 13.8 Å². The smallest absolute Gasteiger partial charge is 0.197 e. The molecule has 0 atom stereocenters. The molecule has 0 saturated heterocycles. The van der Waals surface area contributed by atoms with Gasteiger partial charge in [-0.25, -0.2) is 0 Å². The molecule has 0 amide bonds. The van der Waals surface area contributed by atoms with Crippen LogP contribution in [0.15, 0.2) is 0 Å². The Morgan fingerprint density at radius 2 is 0.875 bits per heavy atom. The number of ketones is 1. The first-order chi connectivity index (χ1) is 11.0. The number of nitrogens with two attached hydrogens (primary N) is 6. The van der Waals surface area contributed by atoms with Crippen molar-refractivity contribution in [2.45, 2.75) is 27.7 Å². The van der Waals surface area contributed by atoms with Gasteiger partial charge in [0.2, 0.25) is 0 Å². The van der Waals surface area contributed by atoms with Crippen LogP contribution >= 0.6 is 0 Å². The summed E-state index contributed by atoms with van der Waals surface area (Å²) in [4.78, 5) is 13.2. The minimum atomic E-state index is -0.367. The zero-order chi connectivity index (χ0) is 18.5. The first-order valence-corrected chi connectivity index (χ1v) is 7.44. The van der Waals surface area contributed by atoms with Crippen LogP contribution in [0.1, 0.15) is 38.2 Å². The Morgan fingerprint density at radius 3 is 1.42 bits per heavy atom. The van der Waals surface area contributed by atoms with Crippen molar-refractivity contribution in [1.82, 2.24) is 0 Å². The molecule has 128 valence electrons. The van der Waals surface area contributed by atoms with E-state index in [1.54, 1.807) is 13.8 Å². The van der Waals surface area contributed by atoms with E-state index >= 15 is 0 Å². The Hall–Kier alpha value is -3.09. The summed E-state index contributed by atoms with van der Waals surface area (Å²) >= 11 is 0. The first kappa shape index (κ1) is 17.3. The topological polar surface area (TPSA) is 173 Å². The van der Waals surface area contributed by atoms with Gasteiger partial charge in [-0.1, -0.05) is 0 Å². The van der Waals surface area contributed by atoms with Gasteiger partial charge in [-0.15, -0.1) is 0 Å². The number of rotatable bonds is 2. The van der Waals surface area contributed by atoms with Gasteiger partial charge >= 0.3 is 0 Å². The normalized spacial score (nSPS) is 10.8. The largest absolute Gasteiger partial charge is 0.398 e. The molecule has 0 aromatic heterocycles. The molecule has 0 saturated carbocycles. The monoisotopic (exact) mass is 328 g/mol. The molecule has 0 radical (unpaired) electrons. The van der Waals surface area contributed by atoms with E-state index in [9.17, 15) is 4.79 Å². The second kappa shape index (κ2) is 5.52. The van der Waals surface area contributed by atoms with E-state index in [1.165, 1.54) is 0 Å². The van der Waals surface area contributed by atoms with E-state index in [-0.39, 0.29) is 34.1 Å². The van der Waals surface area contributed by atoms with Crippen molar-refractivity contribution in [3.63, 3.8) is 0 Å². The van der Waals surface area contributed by atoms with Gasteiger partial charge in [-0.05, 0) is 49.9 Å². The molecular weight excluding hydrogens is 304 g/mol. The van der Waals surface area contributed by atoms with Crippen LogP contribution in [0.4, 0.5) is 34.1 Å². The summed E-state index contributed by atoms with van der Waals surface area (Å²) < 4.78 is 0. The molecule has 0 heterocycles. The van der Waals surface area contributed by atoms with Gasteiger partial charge < -0.3 is 34.4 Å². The third-order valence-corrected chi connectivity index (χ3v) is 4.79. The molecule has 0 aliphatic rings. The van der Waals surface area contributed by atoms with Crippen LogP contribution in [0.5, 0.6) is 0 Å². The van der Waals surface area contributed by atoms with Crippen LogP contribution in [0.3, 0.4) is 0 Å². The molecule has 0 spiro atoms. The van der Waals surface area contributed by atoms with Crippen molar-refractivity contribution in [1.29, 1.82) is 0 Å². The minimum Gasteiger partial charge on any atom is -0.398 e. The van der Waals surface area contributed by atoms with Gasteiger partial charge in [0.15, 0.2) is 5.78 Å². The molecule has 0 aliphatic carbocycles. The lowest BCUT2D eigenvalue weighted by atomic mass is 9.88. The van der Waals surface area contributed by atoms with Crippen LogP contribution in [0.25, 0.3) is 0 Å². The summed E-state index contributed by atoms with van der Waals surface area (Å²) in [5, 5.41) is 0. The summed E-state index contributed by atoms with van der Waals surface area (Å²) in [6.45, 7) is 7.10. The lowest BCUT2D eigenvalue weighted by Crippen LogP contribution is -2.18. The molecule has 7 nitrogen and oxygen atoms in total. The molecule has 12 N–H and O–H groups in total.